The Balaban J connectivity index is 1.39. The van der Waals surface area contributed by atoms with Crippen LogP contribution in [0.15, 0.2) is 24.3 Å². The van der Waals surface area contributed by atoms with E-state index in [2.05, 4.69) is 22.4 Å². The molecule has 0 radical (unpaired) electrons. The smallest absolute Gasteiger partial charge is 0.226 e. The van der Waals surface area contributed by atoms with E-state index in [9.17, 15) is 20.1 Å². The quantitative estimate of drug-likeness (QED) is 0.828. The zero-order valence-corrected chi connectivity index (χ0v) is 17.1. The fourth-order valence-electron chi connectivity index (χ4n) is 4.70. The highest BCUT2D eigenvalue weighted by atomic mass is 16.2. The van der Waals surface area contributed by atoms with Gasteiger partial charge in [0.25, 0.3) is 0 Å². The third-order valence-corrected chi connectivity index (χ3v) is 6.70. The molecule has 30 heavy (non-hydrogen) atoms. The summed E-state index contributed by atoms with van der Waals surface area (Å²) in [6, 6.07) is 12.0. The molecule has 2 amide bonds. The number of carbonyl (C=O) groups is 2. The lowest BCUT2D eigenvalue weighted by molar-refractivity contribution is -0.144. The van der Waals surface area contributed by atoms with Crippen LogP contribution >= 0.6 is 0 Å². The zero-order chi connectivity index (χ0) is 21.1. The van der Waals surface area contributed by atoms with Gasteiger partial charge in [0.05, 0.1) is 17.3 Å². The van der Waals surface area contributed by atoms with Crippen molar-refractivity contribution in [1.29, 1.82) is 10.5 Å². The Hall–Kier alpha value is -3.06. The van der Waals surface area contributed by atoms with Gasteiger partial charge in [-0.15, -0.1) is 0 Å². The highest BCUT2D eigenvalue weighted by Crippen LogP contribution is 2.37. The first kappa shape index (κ1) is 20.2. The van der Waals surface area contributed by atoms with E-state index in [1.807, 2.05) is 29.2 Å². The van der Waals surface area contributed by atoms with Crippen molar-refractivity contribution in [1.82, 2.24) is 10.2 Å². The molecule has 0 aromatic heterocycles. The number of nitrogens with one attached hydrogen (secondary N) is 1. The highest BCUT2D eigenvalue weighted by Gasteiger charge is 2.47. The second-order valence-electron chi connectivity index (χ2n) is 8.62. The molecule has 7 heteroatoms. The Kier molecular flexibility index (Phi) is 5.63. The average Bonchev–Trinajstić information content (AvgIpc) is 3.58. The molecular formula is C23H27N5O2. The fourth-order valence-corrected chi connectivity index (χ4v) is 4.70. The summed E-state index contributed by atoms with van der Waals surface area (Å²) in [6.07, 6.45) is 4.74. The number of para-hydroxylation sites is 1. The van der Waals surface area contributed by atoms with Gasteiger partial charge in [-0.05, 0) is 37.8 Å². The van der Waals surface area contributed by atoms with Gasteiger partial charge in [0.15, 0.2) is 0 Å². The SMILES string of the molecule is N#Cc1ccccc1N1CCN(C(=O)[C@@H]2CCCC[C@H]2C(=O)NC2(C#N)CC2)CC1. The Morgan fingerprint density at radius 2 is 1.67 bits per heavy atom. The number of hydrogen-bond donors (Lipinski definition) is 1. The van der Waals surface area contributed by atoms with Crippen LogP contribution in [0.2, 0.25) is 0 Å². The monoisotopic (exact) mass is 405 g/mol. The van der Waals surface area contributed by atoms with Crippen molar-refractivity contribution < 1.29 is 9.59 Å². The maximum atomic E-state index is 13.3. The molecule has 1 saturated heterocycles. The second kappa shape index (κ2) is 8.36. The van der Waals surface area contributed by atoms with E-state index in [0.717, 1.165) is 24.9 Å². The molecular weight excluding hydrogens is 378 g/mol. The molecule has 1 N–H and O–H groups in total. The van der Waals surface area contributed by atoms with Crippen LogP contribution in [0, 0.1) is 34.5 Å². The van der Waals surface area contributed by atoms with Crippen LogP contribution < -0.4 is 10.2 Å². The Bertz CT molecular complexity index is 903. The molecule has 2 atom stereocenters. The molecule has 0 bridgehead atoms. The first-order valence-corrected chi connectivity index (χ1v) is 10.8. The third-order valence-electron chi connectivity index (χ3n) is 6.70. The predicted octanol–water partition coefficient (Wildman–Crippen LogP) is 2.19. The molecule has 7 nitrogen and oxygen atoms in total. The Morgan fingerprint density at radius 1 is 1.00 bits per heavy atom. The number of benzene rings is 1. The highest BCUT2D eigenvalue weighted by molar-refractivity contribution is 5.89. The van der Waals surface area contributed by atoms with Gasteiger partial charge in [0, 0.05) is 38.0 Å². The minimum Gasteiger partial charge on any atom is -0.367 e. The second-order valence-corrected chi connectivity index (χ2v) is 8.62. The average molecular weight is 406 g/mol. The number of rotatable bonds is 4. The molecule has 3 fully saturated rings. The summed E-state index contributed by atoms with van der Waals surface area (Å²) >= 11 is 0. The molecule has 0 spiro atoms. The topological polar surface area (TPSA) is 100 Å². The number of piperazine rings is 1. The van der Waals surface area contributed by atoms with Crippen molar-refractivity contribution in [3.63, 3.8) is 0 Å². The molecule has 1 aromatic rings. The van der Waals surface area contributed by atoms with Crippen molar-refractivity contribution in [2.45, 2.75) is 44.1 Å². The number of amides is 2. The lowest BCUT2D eigenvalue weighted by atomic mass is 9.77. The van der Waals surface area contributed by atoms with Crippen LogP contribution in [0.25, 0.3) is 0 Å². The van der Waals surface area contributed by atoms with Gasteiger partial charge in [0.1, 0.15) is 11.6 Å². The van der Waals surface area contributed by atoms with Crippen LogP contribution in [-0.4, -0.2) is 48.4 Å². The third kappa shape index (κ3) is 3.98. The van der Waals surface area contributed by atoms with Gasteiger partial charge in [-0.25, -0.2) is 0 Å². The molecule has 4 rings (SSSR count). The van der Waals surface area contributed by atoms with Crippen LogP contribution in [0.3, 0.4) is 0 Å². The number of nitriles is 2. The lowest BCUT2D eigenvalue weighted by Gasteiger charge is -2.40. The molecule has 1 aromatic carbocycles. The summed E-state index contributed by atoms with van der Waals surface area (Å²) < 4.78 is 0. The number of carbonyl (C=O) groups excluding carboxylic acids is 2. The van der Waals surface area contributed by atoms with Crippen molar-refractivity contribution in [2.24, 2.45) is 11.8 Å². The van der Waals surface area contributed by atoms with Crippen molar-refractivity contribution in [3.05, 3.63) is 29.8 Å². The van der Waals surface area contributed by atoms with Crippen molar-refractivity contribution in [2.75, 3.05) is 31.1 Å². The van der Waals surface area contributed by atoms with Crippen molar-refractivity contribution in [3.8, 4) is 12.1 Å². The number of hydrogen-bond acceptors (Lipinski definition) is 5. The number of nitrogens with zero attached hydrogens (tertiary/aromatic N) is 4. The van der Waals surface area contributed by atoms with E-state index in [0.29, 0.717) is 51.0 Å². The van der Waals surface area contributed by atoms with E-state index in [4.69, 9.17) is 0 Å². The van der Waals surface area contributed by atoms with Gasteiger partial charge in [-0.3, -0.25) is 9.59 Å². The molecule has 0 unspecified atom stereocenters. The van der Waals surface area contributed by atoms with Crippen molar-refractivity contribution >= 4 is 17.5 Å². The summed E-state index contributed by atoms with van der Waals surface area (Å²) in [5, 5.41) is 21.5. The summed E-state index contributed by atoms with van der Waals surface area (Å²) in [5.74, 6) is -0.709. The zero-order valence-electron chi connectivity index (χ0n) is 17.1. The molecule has 2 aliphatic carbocycles. The summed E-state index contributed by atoms with van der Waals surface area (Å²) in [5.41, 5.74) is 0.864. The van der Waals surface area contributed by atoms with E-state index in [1.54, 1.807) is 0 Å². The fraction of sp³-hybridized carbons (Fsp3) is 0.565. The molecule has 2 saturated carbocycles. The van der Waals surface area contributed by atoms with Gasteiger partial charge < -0.3 is 15.1 Å². The van der Waals surface area contributed by atoms with Gasteiger partial charge >= 0.3 is 0 Å². The summed E-state index contributed by atoms with van der Waals surface area (Å²) in [6.45, 7) is 2.52. The summed E-state index contributed by atoms with van der Waals surface area (Å²) in [7, 11) is 0. The van der Waals surface area contributed by atoms with Crippen LogP contribution in [-0.2, 0) is 9.59 Å². The minimum absolute atomic E-state index is 0.0601. The Labute approximate surface area is 177 Å². The molecule has 156 valence electrons. The van der Waals surface area contributed by atoms with Gasteiger partial charge in [-0.2, -0.15) is 10.5 Å². The predicted molar refractivity (Wildman–Crippen MR) is 111 cm³/mol. The van der Waals surface area contributed by atoms with E-state index in [-0.39, 0.29) is 23.7 Å². The maximum Gasteiger partial charge on any atom is 0.226 e. The molecule has 1 heterocycles. The molecule has 1 aliphatic heterocycles. The first-order chi connectivity index (χ1) is 14.6. The van der Waals surface area contributed by atoms with E-state index >= 15 is 0 Å². The first-order valence-electron chi connectivity index (χ1n) is 10.8. The molecule has 3 aliphatic rings. The summed E-state index contributed by atoms with van der Waals surface area (Å²) in [4.78, 5) is 30.2. The maximum absolute atomic E-state index is 13.3. The number of anilines is 1. The normalized spacial score (nSPS) is 25.0. The largest absolute Gasteiger partial charge is 0.367 e. The van der Waals surface area contributed by atoms with Gasteiger partial charge in [-0.1, -0.05) is 25.0 Å². The lowest BCUT2D eigenvalue weighted by Crippen LogP contribution is -2.53. The van der Waals surface area contributed by atoms with E-state index in [1.165, 1.54) is 0 Å². The Morgan fingerprint density at radius 3 is 2.30 bits per heavy atom. The van der Waals surface area contributed by atoms with Crippen LogP contribution in [0.5, 0.6) is 0 Å². The van der Waals surface area contributed by atoms with Gasteiger partial charge in [0.2, 0.25) is 11.8 Å². The van der Waals surface area contributed by atoms with Crippen LogP contribution in [0.4, 0.5) is 5.69 Å². The van der Waals surface area contributed by atoms with Crippen LogP contribution in [0.1, 0.15) is 44.1 Å². The standard InChI is InChI=1S/C23H27N5O2/c24-15-17-5-1-4-8-20(17)27-11-13-28(14-12-27)22(30)19-7-3-2-6-18(19)21(29)26-23(16-25)9-10-23/h1,4-5,8,18-19H,2-3,6-7,9-14H2,(H,26,29)/t18-,19-/m1/s1. The van der Waals surface area contributed by atoms with E-state index < -0.39 is 5.54 Å². The minimum atomic E-state index is -0.693.